The molecule has 0 spiro atoms. The van der Waals surface area contributed by atoms with Gasteiger partial charge in [0.1, 0.15) is 18.2 Å². The van der Waals surface area contributed by atoms with Crippen molar-refractivity contribution in [1.29, 1.82) is 5.41 Å². The first kappa shape index (κ1) is 24.4. The number of rotatable bonds is 9. The fourth-order valence-corrected chi connectivity index (χ4v) is 2.99. The lowest BCUT2D eigenvalue weighted by Gasteiger charge is -2.09. The number of carbonyl (C=O) groups is 1. The molecule has 168 valence electrons. The van der Waals surface area contributed by atoms with Crippen LogP contribution in [-0.2, 0) is 19.4 Å². The highest BCUT2D eigenvalue weighted by Crippen LogP contribution is 2.23. The Morgan fingerprint density at radius 3 is 2.71 bits per heavy atom. The number of benzene rings is 1. The van der Waals surface area contributed by atoms with Crippen molar-refractivity contribution >= 4 is 39.0 Å². The van der Waals surface area contributed by atoms with Crippen molar-refractivity contribution in [3.63, 3.8) is 0 Å². The van der Waals surface area contributed by atoms with E-state index in [9.17, 15) is 26.4 Å². The number of carbonyl (C=O) groups excluding carboxylic acids is 1. The van der Waals surface area contributed by atoms with Crippen LogP contribution in [0.2, 0.25) is 0 Å². The molecule has 2 rings (SSSR count). The largest absolute Gasteiger partial charge is 0.453 e. The van der Waals surface area contributed by atoms with Gasteiger partial charge in [0.05, 0.1) is 10.6 Å². The molecule has 0 aliphatic heterocycles. The minimum Gasteiger partial charge on any atom is -0.453 e. The van der Waals surface area contributed by atoms with Crippen LogP contribution >= 0.6 is 11.8 Å². The number of halogens is 3. The summed E-state index contributed by atoms with van der Waals surface area (Å²) in [5, 5.41) is 13.1. The molecule has 1 heterocycles. The predicted molar refractivity (Wildman–Crippen MR) is 107 cm³/mol. The van der Waals surface area contributed by atoms with Crippen LogP contribution in [0, 0.1) is 5.41 Å². The number of aromatic nitrogens is 2. The lowest BCUT2D eigenvalue weighted by Crippen LogP contribution is -2.26. The summed E-state index contributed by atoms with van der Waals surface area (Å²) in [6.45, 7) is -0.509. The molecule has 0 unspecified atom stereocenters. The topological polar surface area (TPSA) is 135 Å². The Bertz CT molecular complexity index is 1100. The second kappa shape index (κ2) is 9.96. The summed E-state index contributed by atoms with van der Waals surface area (Å²) >= 11 is 1.23. The summed E-state index contributed by atoms with van der Waals surface area (Å²) in [5.41, 5.74) is -1.90. The molecule has 0 aliphatic rings. The molecule has 1 aromatic heterocycles. The number of nitrogens with one attached hydrogen (secondary N) is 2. The van der Waals surface area contributed by atoms with Crippen molar-refractivity contribution in [2.24, 2.45) is 0 Å². The second-order valence-electron chi connectivity index (χ2n) is 5.97. The fourth-order valence-electron chi connectivity index (χ4n) is 2.07. The molecule has 14 heteroatoms. The third-order valence-electron chi connectivity index (χ3n) is 3.53. The molecule has 31 heavy (non-hydrogen) atoms. The third kappa shape index (κ3) is 7.10. The van der Waals surface area contributed by atoms with E-state index in [0.717, 1.165) is 6.26 Å². The summed E-state index contributed by atoms with van der Waals surface area (Å²) in [7, 11) is -3.52. The van der Waals surface area contributed by atoms with Crippen LogP contribution in [0.1, 0.15) is 5.82 Å². The zero-order valence-corrected chi connectivity index (χ0v) is 17.8. The summed E-state index contributed by atoms with van der Waals surface area (Å²) in [4.78, 5) is 15.6. The highest BCUT2D eigenvalue weighted by atomic mass is 32.2. The van der Waals surface area contributed by atoms with Crippen molar-refractivity contribution in [1.82, 2.24) is 15.5 Å². The van der Waals surface area contributed by atoms with Gasteiger partial charge in [0.25, 0.3) is 5.89 Å². The Morgan fingerprint density at radius 2 is 2.10 bits per heavy atom. The number of nitrogens with zero attached hydrogens (tertiary/aromatic N) is 2. The number of hydrogen-bond donors (Lipinski definition) is 2. The number of sulfone groups is 1. The molecule has 0 bridgehead atoms. The quantitative estimate of drug-likeness (QED) is 0.317. The van der Waals surface area contributed by atoms with Gasteiger partial charge in [0, 0.05) is 11.8 Å². The van der Waals surface area contributed by atoms with Gasteiger partial charge in [-0.25, -0.2) is 8.42 Å². The molecule has 9 nitrogen and oxygen atoms in total. The standard InChI is InChI=1S/C17H17F3N4O5S2/c1-30-9-28-14(25)8-22-12(7-13(21)17(18,19)20)15-23-16(29-24-15)10-4-3-5-11(6-10)31(2,26)27/h3-7,21-22H,8-9H2,1-2H3/b12-7-,21-13?. The summed E-state index contributed by atoms with van der Waals surface area (Å²) in [5.74, 6) is -1.23. The fraction of sp³-hybridized carbons (Fsp3) is 0.294. The maximum Gasteiger partial charge on any atom is 0.432 e. The van der Waals surface area contributed by atoms with E-state index in [2.05, 4.69) is 15.5 Å². The van der Waals surface area contributed by atoms with Crippen LogP contribution in [0.4, 0.5) is 13.2 Å². The van der Waals surface area contributed by atoms with Crippen molar-refractivity contribution in [2.45, 2.75) is 11.1 Å². The lowest BCUT2D eigenvalue weighted by atomic mass is 10.2. The Labute approximate surface area is 179 Å². The van der Waals surface area contributed by atoms with Crippen molar-refractivity contribution in [3.05, 3.63) is 36.2 Å². The van der Waals surface area contributed by atoms with E-state index in [0.29, 0.717) is 6.08 Å². The van der Waals surface area contributed by atoms with Crippen LogP contribution in [0.15, 0.2) is 39.8 Å². The third-order valence-corrected chi connectivity index (χ3v) is 4.99. The minimum absolute atomic E-state index is 0.0194. The van der Waals surface area contributed by atoms with Gasteiger partial charge in [-0.15, -0.1) is 11.8 Å². The second-order valence-corrected chi connectivity index (χ2v) is 8.80. The normalized spacial score (nSPS) is 12.5. The number of hydrogen-bond acceptors (Lipinski definition) is 10. The van der Waals surface area contributed by atoms with E-state index in [1.54, 1.807) is 6.26 Å². The van der Waals surface area contributed by atoms with E-state index >= 15 is 0 Å². The molecular formula is C17H17F3N4O5S2. The zero-order valence-electron chi connectivity index (χ0n) is 16.2. The molecule has 0 atom stereocenters. The van der Waals surface area contributed by atoms with Crippen LogP contribution in [0.3, 0.4) is 0 Å². The number of alkyl halides is 3. The first-order valence-electron chi connectivity index (χ1n) is 8.32. The lowest BCUT2D eigenvalue weighted by molar-refractivity contribution is -0.140. The van der Waals surface area contributed by atoms with Gasteiger partial charge < -0.3 is 14.6 Å². The van der Waals surface area contributed by atoms with Gasteiger partial charge in [-0.1, -0.05) is 11.2 Å². The molecular weight excluding hydrogens is 461 g/mol. The molecule has 0 amide bonds. The van der Waals surface area contributed by atoms with Gasteiger partial charge >= 0.3 is 12.1 Å². The highest BCUT2D eigenvalue weighted by Gasteiger charge is 2.33. The molecule has 0 saturated heterocycles. The van der Waals surface area contributed by atoms with E-state index in [4.69, 9.17) is 14.7 Å². The number of allylic oxidation sites excluding steroid dienone is 1. The molecule has 2 N–H and O–H groups in total. The first-order valence-corrected chi connectivity index (χ1v) is 11.6. The number of ether oxygens (including phenoxy) is 1. The van der Waals surface area contributed by atoms with Crippen molar-refractivity contribution in [3.8, 4) is 11.5 Å². The van der Waals surface area contributed by atoms with Crippen LogP contribution < -0.4 is 5.32 Å². The van der Waals surface area contributed by atoms with Crippen molar-refractivity contribution in [2.75, 3.05) is 25.0 Å². The predicted octanol–water partition coefficient (Wildman–Crippen LogP) is 2.52. The Hall–Kier alpha value is -2.87. The Kier molecular flexibility index (Phi) is 7.84. The average Bonchev–Trinajstić information content (AvgIpc) is 3.18. The molecule has 2 aromatic rings. The van der Waals surface area contributed by atoms with Gasteiger partial charge in [-0.2, -0.15) is 18.2 Å². The van der Waals surface area contributed by atoms with Crippen LogP contribution in [-0.4, -0.2) is 61.4 Å². The van der Waals surface area contributed by atoms with Gasteiger partial charge in [0.15, 0.2) is 9.84 Å². The summed E-state index contributed by atoms with van der Waals surface area (Å²) in [6, 6.07) is 5.53. The van der Waals surface area contributed by atoms with Crippen LogP contribution in [0.5, 0.6) is 0 Å². The van der Waals surface area contributed by atoms with E-state index < -0.39 is 39.9 Å². The molecule has 0 radical (unpaired) electrons. The maximum atomic E-state index is 12.8. The van der Waals surface area contributed by atoms with Gasteiger partial charge in [0.2, 0.25) is 5.82 Å². The molecule has 0 saturated carbocycles. The molecule has 0 fully saturated rings. The SMILES string of the molecule is CSCOC(=O)CN/C(=C\C(=N)C(F)(F)F)c1noc(-c2cccc(S(C)(=O)=O)c2)n1. The van der Waals surface area contributed by atoms with E-state index in [-0.39, 0.29) is 28.1 Å². The average molecular weight is 478 g/mol. The Balaban J connectivity index is 2.35. The number of esters is 1. The minimum atomic E-state index is -4.94. The maximum absolute atomic E-state index is 12.8. The molecule has 0 aliphatic carbocycles. The first-order chi connectivity index (χ1) is 14.4. The van der Waals surface area contributed by atoms with E-state index in [1.165, 1.54) is 36.0 Å². The molecule has 1 aromatic carbocycles. The highest BCUT2D eigenvalue weighted by molar-refractivity contribution is 7.98. The van der Waals surface area contributed by atoms with Gasteiger partial charge in [-0.3, -0.25) is 10.2 Å². The van der Waals surface area contributed by atoms with Crippen molar-refractivity contribution < 1.29 is 35.6 Å². The Morgan fingerprint density at radius 1 is 1.39 bits per heavy atom. The zero-order chi connectivity index (χ0) is 23.2. The number of thioether (sulfide) groups is 1. The van der Waals surface area contributed by atoms with Crippen LogP contribution in [0.25, 0.3) is 17.2 Å². The monoisotopic (exact) mass is 478 g/mol. The van der Waals surface area contributed by atoms with Gasteiger partial charge in [-0.05, 0) is 30.5 Å². The summed E-state index contributed by atoms with van der Waals surface area (Å²) < 4.78 is 71.7. The van der Waals surface area contributed by atoms with E-state index in [1.807, 2.05) is 0 Å². The smallest absolute Gasteiger partial charge is 0.432 e. The summed E-state index contributed by atoms with van der Waals surface area (Å²) in [6.07, 6.45) is -1.84.